The predicted molar refractivity (Wildman–Crippen MR) is 63.5 cm³/mol. The van der Waals surface area contributed by atoms with Crippen molar-refractivity contribution in [1.29, 1.82) is 0 Å². The molecular weight excluding hydrogens is 232 g/mol. The van der Waals surface area contributed by atoms with Crippen LogP contribution < -0.4 is 5.32 Å². The molecule has 0 aromatic rings. The predicted octanol–water partition coefficient (Wildman–Crippen LogP) is 1.42. The van der Waals surface area contributed by atoms with E-state index in [4.69, 9.17) is 0 Å². The minimum Gasteiger partial charge on any atom is -0.277 e. The van der Waals surface area contributed by atoms with Crippen molar-refractivity contribution >= 4 is 17.8 Å². The second-order valence-corrected chi connectivity index (χ2v) is 5.86. The zero-order chi connectivity index (χ0) is 12.9. The summed E-state index contributed by atoms with van der Waals surface area (Å²) in [6.45, 7) is 2.02. The van der Waals surface area contributed by atoms with Gasteiger partial charge in [0.2, 0.25) is 11.8 Å². The van der Waals surface area contributed by atoms with Gasteiger partial charge in [0, 0.05) is 6.04 Å². The molecule has 4 amide bonds. The molecule has 5 nitrogen and oxygen atoms in total. The highest BCUT2D eigenvalue weighted by atomic mass is 16.2. The summed E-state index contributed by atoms with van der Waals surface area (Å²) in [7, 11) is 0. The third-order valence-electron chi connectivity index (χ3n) is 4.61. The van der Waals surface area contributed by atoms with Crippen LogP contribution in [0.2, 0.25) is 0 Å². The van der Waals surface area contributed by atoms with E-state index in [2.05, 4.69) is 5.32 Å². The van der Waals surface area contributed by atoms with Gasteiger partial charge in [0.05, 0.1) is 0 Å². The fourth-order valence-corrected chi connectivity index (χ4v) is 3.26. The molecule has 2 aliphatic carbocycles. The van der Waals surface area contributed by atoms with E-state index in [1.165, 1.54) is 4.90 Å². The summed E-state index contributed by atoms with van der Waals surface area (Å²) in [6, 6.07) is -0.514. The first-order chi connectivity index (χ1) is 8.56. The van der Waals surface area contributed by atoms with Gasteiger partial charge in [0.15, 0.2) is 0 Å². The van der Waals surface area contributed by atoms with Gasteiger partial charge in [-0.05, 0) is 25.2 Å². The van der Waals surface area contributed by atoms with Crippen LogP contribution in [0.3, 0.4) is 0 Å². The quantitative estimate of drug-likeness (QED) is 0.716. The lowest BCUT2D eigenvalue weighted by Crippen LogP contribution is -2.65. The summed E-state index contributed by atoms with van der Waals surface area (Å²) in [5.41, 5.74) is -0.950. The van der Waals surface area contributed by atoms with Gasteiger partial charge in [-0.3, -0.25) is 19.8 Å². The number of carbonyl (C=O) groups excluding carboxylic acids is 3. The lowest BCUT2D eigenvalue weighted by Gasteiger charge is -2.41. The molecule has 1 heterocycles. The normalized spacial score (nSPS) is 34.7. The number of rotatable bonds is 1. The van der Waals surface area contributed by atoms with Crippen LogP contribution in [0.5, 0.6) is 0 Å². The van der Waals surface area contributed by atoms with Crippen LogP contribution in [-0.2, 0) is 9.59 Å². The second kappa shape index (κ2) is 3.80. The Bertz CT molecular complexity index is 426. The van der Waals surface area contributed by atoms with Crippen molar-refractivity contribution < 1.29 is 14.4 Å². The number of barbiturate groups is 1. The monoisotopic (exact) mass is 250 g/mol. The maximum Gasteiger partial charge on any atom is 0.331 e. The molecule has 2 atom stereocenters. The minimum atomic E-state index is -0.950. The third kappa shape index (κ3) is 1.49. The van der Waals surface area contributed by atoms with Gasteiger partial charge in [-0.1, -0.05) is 26.2 Å². The van der Waals surface area contributed by atoms with Crippen LogP contribution in [0.4, 0.5) is 4.79 Å². The number of hydrogen-bond acceptors (Lipinski definition) is 3. The van der Waals surface area contributed by atoms with Crippen LogP contribution in [0, 0.1) is 11.3 Å². The number of nitrogens with one attached hydrogen (secondary N) is 1. The summed E-state index contributed by atoms with van der Waals surface area (Å²) in [5, 5.41) is 2.39. The SMILES string of the molecule is CC1CC1N1C(=O)NC(=O)C2(CCCCC2)C1=O. The number of nitrogens with zero attached hydrogens (tertiary/aromatic N) is 1. The van der Waals surface area contributed by atoms with Crippen molar-refractivity contribution in [2.75, 3.05) is 0 Å². The molecule has 0 aromatic heterocycles. The summed E-state index contributed by atoms with van der Waals surface area (Å²) < 4.78 is 0. The highest BCUT2D eigenvalue weighted by Crippen LogP contribution is 2.44. The van der Waals surface area contributed by atoms with Gasteiger partial charge < -0.3 is 0 Å². The fraction of sp³-hybridized carbons (Fsp3) is 0.769. The zero-order valence-corrected chi connectivity index (χ0v) is 10.6. The third-order valence-corrected chi connectivity index (χ3v) is 4.61. The Morgan fingerprint density at radius 2 is 1.78 bits per heavy atom. The Labute approximate surface area is 106 Å². The largest absolute Gasteiger partial charge is 0.331 e. The Hall–Kier alpha value is -1.39. The maximum atomic E-state index is 12.6. The molecule has 2 saturated carbocycles. The van der Waals surface area contributed by atoms with Crippen molar-refractivity contribution in [3.63, 3.8) is 0 Å². The Morgan fingerprint density at radius 3 is 2.33 bits per heavy atom. The molecule has 3 aliphatic rings. The Morgan fingerprint density at radius 1 is 1.17 bits per heavy atom. The lowest BCUT2D eigenvalue weighted by atomic mass is 9.71. The van der Waals surface area contributed by atoms with E-state index in [0.29, 0.717) is 18.8 Å². The summed E-state index contributed by atoms with van der Waals surface area (Å²) >= 11 is 0. The van der Waals surface area contributed by atoms with Gasteiger partial charge >= 0.3 is 6.03 Å². The molecule has 1 N–H and O–H groups in total. The van der Waals surface area contributed by atoms with E-state index < -0.39 is 11.4 Å². The molecule has 1 aliphatic heterocycles. The number of amides is 4. The molecule has 18 heavy (non-hydrogen) atoms. The number of carbonyl (C=O) groups is 3. The molecule has 0 radical (unpaired) electrons. The van der Waals surface area contributed by atoms with E-state index in [1.807, 2.05) is 6.92 Å². The molecule has 0 aromatic carbocycles. The van der Waals surface area contributed by atoms with Gasteiger partial charge in [-0.15, -0.1) is 0 Å². The van der Waals surface area contributed by atoms with Gasteiger partial charge in [-0.25, -0.2) is 4.79 Å². The highest BCUT2D eigenvalue weighted by Gasteiger charge is 2.58. The van der Waals surface area contributed by atoms with Crippen LogP contribution in [0.15, 0.2) is 0 Å². The molecule has 0 bridgehead atoms. The molecule has 2 unspecified atom stereocenters. The number of imide groups is 2. The van der Waals surface area contributed by atoms with Crippen molar-refractivity contribution in [1.82, 2.24) is 10.2 Å². The van der Waals surface area contributed by atoms with Gasteiger partial charge in [0.25, 0.3) is 0 Å². The molecule has 98 valence electrons. The first-order valence-corrected chi connectivity index (χ1v) is 6.75. The van der Waals surface area contributed by atoms with Crippen LogP contribution in [0.25, 0.3) is 0 Å². The number of hydrogen-bond donors (Lipinski definition) is 1. The average Bonchev–Trinajstić information content (AvgIpc) is 3.05. The fourth-order valence-electron chi connectivity index (χ4n) is 3.26. The van der Waals surface area contributed by atoms with Crippen LogP contribution >= 0.6 is 0 Å². The average molecular weight is 250 g/mol. The van der Waals surface area contributed by atoms with Crippen LogP contribution in [-0.4, -0.2) is 28.8 Å². The summed E-state index contributed by atoms with van der Waals surface area (Å²) in [4.78, 5) is 37.8. The van der Waals surface area contributed by atoms with E-state index in [1.54, 1.807) is 0 Å². The zero-order valence-electron chi connectivity index (χ0n) is 10.6. The van der Waals surface area contributed by atoms with Crippen molar-refractivity contribution in [3.8, 4) is 0 Å². The molecule has 3 fully saturated rings. The van der Waals surface area contributed by atoms with Crippen molar-refractivity contribution in [2.24, 2.45) is 11.3 Å². The lowest BCUT2D eigenvalue weighted by molar-refractivity contribution is -0.154. The Balaban J connectivity index is 1.92. The second-order valence-electron chi connectivity index (χ2n) is 5.86. The van der Waals surface area contributed by atoms with E-state index in [9.17, 15) is 14.4 Å². The van der Waals surface area contributed by atoms with E-state index in [0.717, 1.165) is 25.7 Å². The van der Waals surface area contributed by atoms with Gasteiger partial charge in [0.1, 0.15) is 5.41 Å². The molecule has 3 rings (SSSR count). The summed E-state index contributed by atoms with van der Waals surface area (Å²) in [5.74, 6) is -0.249. The standard InChI is InChI=1S/C13H18N2O3/c1-8-7-9(8)15-11(17)13(5-3-2-4-6-13)10(16)14-12(15)18/h8-9H,2-7H2,1H3,(H,14,16,18). The highest BCUT2D eigenvalue weighted by molar-refractivity contribution is 6.19. The minimum absolute atomic E-state index is 0.00408. The van der Waals surface area contributed by atoms with Crippen molar-refractivity contribution in [2.45, 2.75) is 51.5 Å². The summed E-state index contributed by atoms with van der Waals surface area (Å²) in [6.07, 6.45) is 4.88. The molecule has 1 spiro atoms. The van der Waals surface area contributed by atoms with Gasteiger partial charge in [-0.2, -0.15) is 0 Å². The van der Waals surface area contributed by atoms with E-state index in [-0.39, 0.29) is 17.9 Å². The van der Waals surface area contributed by atoms with Crippen LogP contribution in [0.1, 0.15) is 45.4 Å². The smallest absolute Gasteiger partial charge is 0.277 e. The molecule has 5 heteroatoms. The molecule has 1 saturated heterocycles. The van der Waals surface area contributed by atoms with Crippen molar-refractivity contribution in [3.05, 3.63) is 0 Å². The first kappa shape index (κ1) is 11.7. The van der Waals surface area contributed by atoms with E-state index >= 15 is 0 Å². The topological polar surface area (TPSA) is 66.5 Å². The molecular formula is C13H18N2O3. The maximum absolute atomic E-state index is 12.6. The number of urea groups is 1. The Kier molecular flexibility index (Phi) is 2.47. The first-order valence-electron chi connectivity index (χ1n) is 6.75.